The SMILES string of the molecule is CCN(CC1CCCO1)C(=O)[C@H](N)Cc1ccccc1. The van der Waals surface area contributed by atoms with Crippen LogP contribution in [0.15, 0.2) is 30.3 Å². The molecule has 2 atom stereocenters. The minimum Gasteiger partial charge on any atom is -0.376 e. The van der Waals surface area contributed by atoms with Gasteiger partial charge in [-0.25, -0.2) is 0 Å². The quantitative estimate of drug-likeness (QED) is 0.858. The fraction of sp³-hybridized carbons (Fsp3) is 0.562. The Labute approximate surface area is 120 Å². The Morgan fingerprint density at radius 1 is 1.45 bits per heavy atom. The largest absolute Gasteiger partial charge is 0.376 e. The molecule has 2 N–H and O–H groups in total. The predicted octanol–water partition coefficient (Wildman–Crippen LogP) is 1.58. The highest BCUT2D eigenvalue weighted by molar-refractivity contribution is 5.82. The molecule has 1 fully saturated rings. The first-order chi connectivity index (χ1) is 9.70. The van der Waals surface area contributed by atoms with Crippen molar-refractivity contribution in [3.8, 4) is 0 Å². The Hall–Kier alpha value is -1.39. The highest BCUT2D eigenvalue weighted by Gasteiger charge is 2.25. The molecule has 1 amide bonds. The van der Waals surface area contributed by atoms with Crippen LogP contribution >= 0.6 is 0 Å². The van der Waals surface area contributed by atoms with Crippen LogP contribution in [0.3, 0.4) is 0 Å². The zero-order valence-corrected chi connectivity index (χ0v) is 12.1. The minimum atomic E-state index is -0.473. The Morgan fingerprint density at radius 2 is 2.20 bits per heavy atom. The van der Waals surface area contributed by atoms with Crippen LogP contribution in [0.1, 0.15) is 25.3 Å². The summed E-state index contributed by atoms with van der Waals surface area (Å²) >= 11 is 0. The lowest BCUT2D eigenvalue weighted by Crippen LogP contribution is -2.47. The minimum absolute atomic E-state index is 0.0202. The number of ether oxygens (including phenoxy) is 1. The molecule has 0 saturated carbocycles. The van der Waals surface area contributed by atoms with Gasteiger partial charge in [-0.05, 0) is 31.7 Å². The molecule has 1 heterocycles. The summed E-state index contributed by atoms with van der Waals surface area (Å²) < 4.78 is 5.60. The van der Waals surface area contributed by atoms with E-state index in [1.54, 1.807) is 0 Å². The number of nitrogens with two attached hydrogens (primary N) is 1. The molecule has 4 nitrogen and oxygen atoms in total. The number of rotatable bonds is 6. The van der Waals surface area contributed by atoms with E-state index in [0.717, 1.165) is 25.0 Å². The molecular weight excluding hydrogens is 252 g/mol. The summed E-state index contributed by atoms with van der Waals surface area (Å²) in [6, 6.07) is 9.44. The van der Waals surface area contributed by atoms with Gasteiger partial charge in [-0.3, -0.25) is 4.79 Å². The van der Waals surface area contributed by atoms with Crippen molar-refractivity contribution in [2.45, 2.75) is 38.3 Å². The second-order valence-corrected chi connectivity index (χ2v) is 5.31. The van der Waals surface area contributed by atoms with Crippen molar-refractivity contribution in [2.24, 2.45) is 5.73 Å². The predicted molar refractivity (Wildman–Crippen MR) is 79.3 cm³/mol. The number of hydrogen-bond donors (Lipinski definition) is 1. The van der Waals surface area contributed by atoms with Crippen LogP contribution in [0.2, 0.25) is 0 Å². The second kappa shape index (κ2) is 7.41. The number of carbonyl (C=O) groups is 1. The van der Waals surface area contributed by atoms with Crippen LogP contribution < -0.4 is 5.73 Å². The first-order valence-electron chi connectivity index (χ1n) is 7.40. The highest BCUT2D eigenvalue weighted by atomic mass is 16.5. The maximum absolute atomic E-state index is 12.4. The highest BCUT2D eigenvalue weighted by Crippen LogP contribution is 2.14. The fourth-order valence-electron chi connectivity index (χ4n) is 2.60. The molecule has 0 bridgehead atoms. The van der Waals surface area contributed by atoms with Crippen molar-refractivity contribution in [2.75, 3.05) is 19.7 Å². The first-order valence-corrected chi connectivity index (χ1v) is 7.40. The van der Waals surface area contributed by atoms with Crippen molar-refractivity contribution in [3.63, 3.8) is 0 Å². The Bertz CT molecular complexity index is 416. The number of benzene rings is 1. The topological polar surface area (TPSA) is 55.6 Å². The third kappa shape index (κ3) is 4.05. The average molecular weight is 276 g/mol. The Morgan fingerprint density at radius 3 is 2.80 bits per heavy atom. The van der Waals surface area contributed by atoms with Gasteiger partial charge >= 0.3 is 0 Å². The number of likely N-dealkylation sites (N-methyl/N-ethyl adjacent to an activating group) is 1. The fourth-order valence-corrected chi connectivity index (χ4v) is 2.60. The van der Waals surface area contributed by atoms with Crippen molar-refractivity contribution in [1.82, 2.24) is 4.90 Å². The van der Waals surface area contributed by atoms with E-state index in [1.807, 2.05) is 42.2 Å². The van der Waals surface area contributed by atoms with Crippen molar-refractivity contribution in [3.05, 3.63) is 35.9 Å². The molecule has 20 heavy (non-hydrogen) atoms. The van der Waals surface area contributed by atoms with E-state index in [4.69, 9.17) is 10.5 Å². The van der Waals surface area contributed by atoms with Crippen LogP contribution in [0.25, 0.3) is 0 Å². The second-order valence-electron chi connectivity index (χ2n) is 5.31. The van der Waals surface area contributed by atoms with Crippen molar-refractivity contribution < 1.29 is 9.53 Å². The Balaban J connectivity index is 1.89. The molecule has 0 spiro atoms. The zero-order valence-electron chi connectivity index (χ0n) is 12.1. The number of carbonyl (C=O) groups excluding carboxylic acids is 1. The van der Waals surface area contributed by atoms with Gasteiger partial charge in [-0.1, -0.05) is 30.3 Å². The molecule has 1 unspecified atom stereocenters. The van der Waals surface area contributed by atoms with Gasteiger partial charge in [-0.15, -0.1) is 0 Å². The molecule has 0 aromatic heterocycles. The molecule has 4 heteroatoms. The van der Waals surface area contributed by atoms with E-state index >= 15 is 0 Å². The molecule has 0 radical (unpaired) electrons. The molecule has 1 saturated heterocycles. The summed E-state index contributed by atoms with van der Waals surface area (Å²) in [5.41, 5.74) is 7.17. The van der Waals surface area contributed by atoms with E-state index in [1.165, 1.54) is 0 Å². The molecule has 1 aliphatic rings. The Kier molecular flexibility index (Phi) is 5.56. The summed E-state index contributed by atoms with van der Waals surface area (Å²) in [6.07, 6.45) is 2.90. The number of nitrogens with zero attached hydrogens (tertiary/aromatic N) is 1. The van der Waals surface area contributed by atoms with Crippen molar-refractivity contribution in [1.29, 1.82) is 0 Å². The standard InChI is InChI=1S/C16H24N2O2/c1-2-18(12-14-9-6-10-20-14)16(19)15(17)11-13-7-4-3-5-8-13/h3-5,7-8,14-15H,2,6,9-12,17H2,1H3/t14?,15-/m1/s1. The van der Waals surface area contributed by atoms with E-state index in [2.05, 4.69) is 0 Å². The van der Waals surface area contributed by atoms with E-state index in [9.17, 15) is 4.79 Å². The number of amides is 1. The van der Waals surface area contributed by atoms with Gasteiger partial charge < -0.3 is 15.4 Å². The van der Waals surface area contributed by atoms with Crippen LogP contribution in [0, 0.1) is 0 Å². The summed E-state index contributed by atoms with van der Waals surface area (Å²) in [4.78, 5) is 14.2. The van der Waals surface area contributed by atoms with Crippen LogP contribution in [0.5, 0.6) is 0 Å². The van der Waals surface area contributed by atoms with Gasteiger partial charge in [0, 0.05) is 19.7 Å². The molecule has 1 aromatic carbocycles. The lowest BCUT2D eigenvalue weighted by Gasteiger charge is -2.26. The van der Waals surface area contributed by atoms with Gasteiger partial charge in [0.15, 0.2) is 0 Å². The first kappa shape index (κ1) is 15.0. The molecule has 0 aliphatic carbocycles. The zero-order chi connectivity index (χ0) is 14.4. The van der Waals surface area contributed by atoms with Gasteiger partial charge in [0.05, 0.1) is 12.1 Å². The monoisotopic (exact) mass is 276 g/mol. The van der Waals surface area contributed by atoms with Gasteiger partial charge in [-0.2, -0.15) is 0 Å². The van der Waals surface area contributed by atoms with Crippen LogP contribution in [0.4, 0.5) is 0 Å². The van der Waals surface area contributed by atoms with E-state index in [-0.39, 0.29) is 12.0 Å². The normalized spacial score (nSPS) is 19.8. The van der Waals surface area contributed by atoms with Crippen LogP contribution in [-0.2, 0) is 16.0 Å². The molecule has 2 rings (SSSR count). The lowest BCUT2D eigenvalue weighted by atomic mass is 10.1. The average Bonchev–Trinajstić information content (AvgIpc) is 2.98. The third-order valence-electron chi connectivity index (χ3n) is 3.76. The summed E-state index contributed by atoms with van der Waals surface area (Å²) in [6.45, 7) is 4.15. The molecular formula is C16H24N2O2. The maximum atomic E-state index is 12.4. The van der Waals surface area contributed by atoms with E-state index in [0.29, 0.717) is 19.5 Å². The van der Waals surface area contributed by atoms with E-state index < -0.39 is 6.04 Å². The smallest absolute Gasteiger partial charge is 0.239 e. The van der Waals surface area contributed by atoms with Crippen LogP contribution in [-0.4, -0.2) is 42.6 Å². The van der Waals surface area contributed by atoms with Gasteiger partial charge in [0.1, 0.15) is 0 Å². The number of hydrogen-bond acceptors (Lipinski definition) is 3. The summed E-state index contributed by atoms with van der Waals surface area (Å²) in [7, 11) is 0. The molecule has 1 aliphatic heterocycles. The van der Waals surface area contributed by atoms with Crippen molar-refractivity contribution >= 4 is 5.91 Å². The van der Waals surface area contributed by atoms with Gasteiger partial charge in [0.25, 0.3) is 0 Å². The molecule has 1 aromatic rings. The maximum Gasteiger partial charge on any atom is 0.239 e. The summed E-state index contributed by atoms with van der Waals surface area (Å²) in [5, 5.41) is 0. The summed E-state index contributed by atoms with van der Waals surface area (Å²) in [5.74, 6) is 0.0202. The van der Waals surface area contributed by atoms with Gasteiger partial charge in [0.2, 0.25) is 5.91 Å². The lowest BCUT2D eigenvalue weighted by molar-refractivity contribution is -0.133. The third-order valence-corrected chi connectivity index (χ3v) is 3.76. The molecule has 110 valence electrons.